The highest BCUT2D eigenvalue weighted by Crippen LogP contribution is 2.29. The van der Waals surface area contributed by atoms with Crippen LogP contribution in [-0.4, -0.2) is 6.21 Å². The van der Waals surface area contributed by atoms with E-state index in [0.717, 1.165) is 18.3 Å². The molecule has 0 aliphatic carbocycles. The van der Waals surface area contributed by atoms with Crippen molar-refractivity contribution in [2.45, 2.75) is 19.2 Å². The molecule has 2 nitrogen and oxygen atoms in total. The summed E-state index contributed by atoms with van der Waals surface area (Å²) in [5.41, 5.74) is -0.503. The van der Waals surface area contributed by atoms with Gasteiger partial charge in [-0.05, 0) is 17.7 Å². The van der Waals surface area contributed by atoms with Gasteiger partial charge in [0.1, 0.15) is 6.61 Å². The van der Waals surface area contributed by atoms with E-state index >= 15 is 0 Å². The lowest BCUT2D eigenvalue weighted by molar-refractivity contribution is -0.137. The Labute approximate surface area is 129 Å². The Morgan fingerprint density at radius 3 is 2.48 bits per heavy atom. The van der Waals surface area contributed by atoms with E-state index < -0.39 is 18.2 Å². The van der Waals surface area contributed by atoms with Gasteiger partial charge in [0.25, 0.3) is 6.43 Å². The van der Waals surface area contributed by atoms with Crippen molar-refractivity contribution in [2.24, 2.45) is 5.16 Å². The van der Waals surface area contributed by atoms with Gasteiger partial charge >= 0.3 is 6.18 Å². The molecule has 0 saturated heterocycles. The van der Waals surface area contributed by atoms with Gasteiger partial charge in [-0.3, -0.25) is 0 Å². The van der Waals surface area contributed by atoms with Crippen LogP contribution in [0.3, 0.4) is 0 Å². The highest BCUT2D eigenvalue weighted by Gasteiger charge is 2.30. The third-order valence-electron chi connectivity index (χ3n) is 3.00. The van der Waals surface area contributed by atoms with Gasteiger partial charge in [-0.25, -0.2) is 8.78 Å². The smallest absolute Gasteiger partial charge is 0.391 e. The first-order chi connectivity index (χ1) is 10.9. The van der Waals surface area contributed by atoms with Crippen molar-refractivity contribution < 1.29 is 26.8 Å². The van der Waals surface area contributed by atoms with Crippen molar-refractivity contribution in [3.8, 4) is 0 Å². The van der Waals surface area contributed by atoms with Gasteiger partial charge in [-0.1, -0.05) is 41.6 Å². The summed E-state index contributed by atoms with van der Waals surface area (Å²) < 4.78 is 63.2. The molecule has 0 fully saturated rings. The van der Waals surface area contributed by atoms with Crippen molar-refractivity contribution in [1.82, 2.24) is 0 Å². The number of hydrogen-bond donors (Lipinski definition) is 0. The average molecular weight is 329 g/mol. The largest absolute Gasteiger partial charge is 0.416 e. The highest BCUT2D eigenvalue weighted by atomic mass is 19.4. The third-order valence-corrected chi connectivity index (χ3v) is 3.00. The maximum Gasteiger partial charge on any atom is 0.416 e. The first-order valence-corrected chi connectivity index (χ1v) is 6.56. The molecule has 0 N–H and O–H groups in total. The Hall–Kier alpha value is -2.44. The molecular weight excluding hydrogens is 317 g/mol. The van der Waals surface area contributed by atoms with Crippen molar-refractivity contribution in [1.29, 1.82) is 0 Å². The zero-order valence-corrected chi connectivity index (χ0v) is 11.7. The summed E-state index contributed by atoms with van der Waals surface area (Å²) in [4.78, 5) is 4.89. The van der Waals surface area contributed by atoms with Crippen LogP contribution in [0.5, 0.6) is 0 Å². The predicted octanol–water partition coefficient (Wildman–Crippen LogP) is 5.19. The lowest BCUT2D eigenvalue weighted by atomic mass is 10.1. The summed E-state index contributed by atoms with van der Waals surface area (Å²) >= 11 is 0. The van der Waals surface area contributed by atoms with E-state index in [1.54, 1.807) is 6.07 Å². The monoisotopic (exact) mass is 329 g/mol. The van der Waals surface area contributed by atoms with Gasteiger partial charge in [0.15, 0.2) is 0 Å². The van der Waals surface area contributed by atoms with Crippen LogP contribution >= 0.6 is 0 Å². The number of nitrogens with zero attached hydrogens (tertiary/aromatic N) is 1. The van der Waals surface area contributed by atoms with Crippen molar-refractivity contribution >= 4 is 6.21 Å². The van der Waals surface area contributed by atoms with E-state index in [1.807, 2.05) is 0 Å². The van der Waals surface area contributed by atoms with Crippen LogP contribution in [0.25, 0.3) is 0 Å². The molecule has 0 aromatic heterocycles. The van der Waals surface area contributed by atoms with Crippen LogP contribution in [0, 0.1) is 0 Å². The molecule has 0 unspecified atom stereocenters. The zero-order valence-electron chi connectivity index (χ0n) is 11.7. The van der Waals surface area contributed by atoms with Crippen LogP contribution in [0.4, 0.5) is 22.0 Å². The minimum atomic E-state index is -4.44. The summed E-state index contributed by atoms with van der Waals surface area (Å²) in [5, 5.41) is 3.52. The molecule has 0 aliphatic rings. The number of oxime groups is 1. The van der Waals surface area contributed by atoms with Gasteiger partial charge in [-0.2, -0.15) is 13.2 Å². The van der Waals surface area contributed by atoms with Crippen LogP contribution in [0.1, 0.15) is 28.7 Å². The predicted molar refractivity (Wildman–Crippen MR) is 75.2 cm³/mol. The average Bonchev–Trinajstić information content (AvgIpc) is 2.51. The number of alkyl halides is 5. The quantitative estimate of drug-likeness (QED) is 0.420. The molecule has 2 aromatic carbocycles. The molecule has 0 bridgehead atoms. The SMILES string of the molecule is FC(F)c1ccccc1CON=Cc1cccc(C(F)(F)F)c1. The van der Waals surface area contributed by atoms with Gasteiger partial charge in [0, 0.05) is 11.1 Å². The first kappa shape index (κ1) is 16.9. The molecule has 0 atom stereocenters. The fourth-order valence-electron chi connectivity index (χ4n) is 1.88. The molecule has 2 aromatic rings. The van der Waals surface area contributed by atoms with E-state index in [1.165, 1.54) is 30.3 Å². The minimum Gasteiger partial charge on any atom is -0.391 e. The van der Waals surface area contributed by atoms with Crippen LogP contribution in [0.15, 0.2) is 53.7 Å². The zero-order chi connectivity index (χ0) is 16.9. The topological polar surface area (TPSA) is 21.6 Å². The Bertz CT molecular complexity index is 682. The second-order valence-corrected chi connectivity index (χ2v) is 4.63. The maximum atomic E-state index is 12.8. The summed E-state index contributed by atoms with van der Waals surface area (Å²) in [6, 6.07) is 10.3. The van der Waals surface area contributed by atoms with Gasteiger partial charge in [-0.15, -0.1) is 0 Å². The first-order valence-electron chi connectivity index (χ1n) is 6.56. The third kappa shape index (κ3) is 4.77. The molecule has 23 heavy (non-hydrogen) atoms. The van der Waals surface area contributed by atoms with E-state index in [-0.39, 0.29) is 23.3 Å². The molecule has 0 heterocycles. The van der Waals surface area contributed by atoms with Crippen molar-refractivity contribution in [2.75, 3.05) is 0 Å². The lowest BCUT2D eigenvalue weighted by Gasteiger charge is -2.07. The Kier molecular flexibility index (Phi) is 5.31. The minimum absolute atomic E-state index is 0.165. The number of benzene rings is 2. The fourth-order valence-corrected chi connectivity index (χ4v) is 1.88. The van der Waals surface area contributed by atoms with Gasteiger partial charge in [0.05, 0.1) is 11.8 Å². The Morgan fingerprint density at radius 1 is 1.04 bits per heavy atom. The van der Waals surface area contributed by atoms with Crippen molar-refractivity contribution in [3.63, 3.8) is 0 Å². The number of rotatable bonds is 5. The molecule has 122 valence electrons. The molecule has 0 aliphatic heterocycles. The summed E-state index contributed by atoms with van der Waals surface area (Å²) in [6.45, 7) is -0.198. The molecule has 0 radical (unpaired) electrons. The van der Waals surface area contributed by atoms with Crippen LogP contribution < -0.4 is 0 Å². The second-order valence-electron chi connectivity index (χ2n) is 4.63. The lowest BCUT2D eigenvalue weighted by Crippen LogP contribution is -2.05. The standard InChI is InChI=1S/C16H12F5NO/c17-15(18)14-7-2-1-5-12(14)10-23-22-9-11-4-3-6-13(8-11)16(19,20)21/h1-9,15H,10H2. The highest BCUT2D eigenvalue weighted by molar-refractivity contribution is 5.79. The molecule has 0 saturated carbocycles. The van der Waals surface area contributed by atoms with E-state index in [2.05, 4.69) is 5.16 Å². The molecule has 0 amide bonds. The van der Waals surface area contributed by atoms with E-state index in [4.69, 9.17) is 4.84 Å². The number of hydrogen-bond acceptors (Lipinski definition) is 2. The number of halogens is 5. The molecule has 2 rings (SSSR count). The molecule has 0 spiro atoms. The van der Waals surface area contributed by atoms with E-state index in [0.29, 0.717) is 0 Å². The van der Waals surface area contributed by atoms with E-state index in [9.17, 15) is 22.0 Å². The van der Waals surface area contributed by atoms with Gasteiger partial charge in [0.2, 0.25) is 0 Å². The van der Waals surface area contributed by atoms with Gasteiger partial charge < -0.3 is 4.84 Å². The summed E-state index contributed by atoms with van der Waals surface area (Å²) in [6.07, 6.45) is -5.98. The maximum absolute atomic E-state index is 12.8. The fraction of sp³-hybridized carbons (Fsp3) is 0.188. The normalized spacial score (nSPS) is 12.1. The molecular formula is C16H12F5NO. The Morgan fingerprint density at radius 2 is 1.78 bits per heavy atom. The molecule has 7 heteroatoms. The van der Waals surface area contributed by atoms with Crippen LogP contribution in [0.2, 0.25) is 0 Å². The Balaban J connectivity index is 2.01. The second kappa shape index (κ2) is 7.21. The summed E-state index contributed by atoms with van der Waals surface area (Å²) in [5.74, 6) is 0. The van der Waals surface area contributed by atoms with Crippen LogP contribution in [-0.2, 0) is 17.6 Å². The summed E-state index contributed by atoms with van der Waals surface area (Å²) in [7, 11) is 0. The van der Waals surface area contributed by atoms with Crippen molar-refractivity contribution in [3.05, 3.63) is 70.8 Å².